The SMILES string of the molecule is COc1ccc2cn(C[C@@]3(c4ccc(-c5nccc(C(F)(F)F)n5)cc4)NC(=O)NC3=O)c(O)c2c1. The van der Waals surface area contributed by atoms with Crippen molar-refractivity contribution in [3.63, 3.8) is 0 Å². The first-order valence-electron chi connectivity index (χ1n) is 10.6. The molecule has 3 heterocycles. The van der Waals surface area contributed by atoms with E-state index in [-0.39, 0.29) is 23.8 Å². The maximum Gasteiger partial charge on any atom is 0.433 e. The third-order valence-corrected chi connectivity index (χ3v) is 6.00. The van der Waals surface area contributed by atoms with Crippen LogP contribution >= 0.6 is 0 Å². The summed E-state index contributed by atoms with van der Waals surface area (Å²) in [6, 6.07) is 11.1. The summed E-state index contributed by atoms with van der Waals surface area (Å²) in [6.45, 7) is -0.160. The molecule has 1 fully saturated rings. The molecule has 2 aromatic heterocycles. The highest BCUT2D eigenvalue weighted by Crippen LogP contribution is 2.35. The summed E-state index contributed by atoms with van der Waals surface area (Å²) < 4.78 is 45.7. The summed E-state index contributed by atoms with van der Waals surface area (Å²) in [5.41, 5.74) is -2.05. The number of rotatable bonds is 5. The fourth-order valence-electron chi connectivity index (χ4n) is 4.19. The minimum Gasteiger partial charge on any atom is -0.497 e. The van der Waals surface area contributed by atoms with Crippen LogP contribution in [0.2, 0.25) is 0 Å². The van der Waals surface area contributed by atoms with E-state index in [2.05, 4.69) is 20.6 Å². The first-order valence-corrected chi connectivity index (χ1v) is 10.6. The van der Waals surface area contributed by atoms with Gasteiger partial charge >= 0.3 is 12.2 Å². The van der Waals surface area contributed by atoms with Crippen LogP contribution in [0.3, 0.4) is 0 Å². The van der Waals surface area contributed by atoms with Gasteiger partial charge in [-0.3, -0.25) is 10.1 Å². The van der Waals surface area contributed by atoms with Crippen molar-refractivity contribution in [2.24, 2.45) is 0 Å². The number of methoxy groups -OCH3 is 1. The third-order valence-electron chi connectivity index (χ3n) is 6.00. The predicted octanol–water partition coefficient (Wildman–Crippen LogP) is 3.57. The minimum atomic E-state index is -4.62. The number of carbonyl (C=O) groups is 2. The van der Waals surface area contributed by atoms with Crippen LogP contribution in [-0.2, 0) is 23.1 Å². The second-order valence-electron chi connectivity index (χ2n) is 8.19. The molecule has 0 aliphatic carbocycles. The molecule has 0 bridgehead atoms. The molecule has 1 aliphatic rings. The van der Waals surface area contributed by atoms with Crippen molar-refractivity contribution in [3.05, 3.63) is 72.2 Å². The van der Waals surface area contributed by atoms with E-state index in [0.29, 0.717) is 22.1 Å². The number of carbonyl (C=O) groups excluding carboxylic acids is 2. The smallest absolute Gasteiger partial charge is 0.433 e. The second-order valence-corrected chi connectivity index (χ2v) is 8.19. The van der Waals surface area contributed by atoms with Crippen LogP contribution in [0, 0.1) is 0 Å². The number of urea groups is 1. The molecule has 5 rings (SSSR count). The highest BCUT2D eigenvalue weighted by molar-refractivity contribution is 6.07. The van der Waals surface area contributed by atoms with Crippen molar-refractivity contribution >= 4 is 22.7 Å². The zero-order chi connectivity index (χ0) is 25.7. The number of imide groups is 1. The van der Waals surface area contributed by atoms with Gasteiger partial charge in [-0.15, -0.1) is 0 Å². The van der Waals surface area contributed by atoms with E-state index in [1.807, 2.05) is 0 Å². The lowest BCUT2D eigenvalue weighted by molar-refractivity contribution is -0.141. The van der Waals surface area contributed by atoms with E-state index in [0.717, 1.165) is 12.3 Å². The van der Waals surface area contributed by atoms with Gasteiger partial charge < -0.3 is 19.7 Å². The number of ether oxygens (including phenoxy) is 1. The number of alkyl halides is 3. The molecule has 9 nitrogen and oxygen atoms in total. The van der Waals surface area contributed by atoms with E-state index in [9.17, 15) is 27.9 Å². The number of fused-ring (bicyclic) bond motifs is 1. The zero-order valence-corrected chi connectivity index (χ0v) is 18.6. The molecule has 2 aromatic carbocycles. The average molecular weight is 497 g/mol. The van der Waals surface area contributed by atoms with E-state index in [4.69, 9.17) is 4.74 Å². The lowest BCUT2D eigenvalue weighted by Crippen LogP contribution is -2.47. The molecule has 1 saturated heterocycles. The number of aromatic nitrogens is 3. The maximum absolute atomic E-state index is 13.0. The Labute approximate surface area is 201 Å². The van der Waals surface area contributed by atoms with Crippen molar-refractivity contribution in [1.29, 1.82) is 0 Å². The Kier molecular flexibility index (Phi) is 5.31. The molecule has 0 saturated carbocycles. The average Bonchev–Trinajstić information content (AvgIpc) is 3.33. The second kappa shape index (κ2) is 8.26. The largest absolute Gasteiger partial charge is 0.497 e. The number of aromatic hydroxyl groups is 1. The van der Waals surface area contributed by atoms with E-state index in [1.165, 1.54) is 35.9 Å². The summed E-state index contributed by atoms with van der Waals surface area (Å²) >= 11 is 0. The Balaban J connectivity index is 1.54. The van der Waals surface area contributed by atoms with Gasteiger partial charge in [-0.05, 0) is 29.8 Å². The van der Waals surface area contributed by atoms with Gasteiger partial charge in [0.15, 0.2) is 17.2 Å². The fourth-order valence-corrected chi connectivity index (χ4v) is 4.19. The lowest BCUT2D eigenvalue weighted by Gasteiger charge is -2.27. The Bertz CT molecular complexity index is 1500. The number of halogens is 3. The van der Waals surface area contributed by atoms with Crippen LogP contribution in [0.5, 0.6) is 11.6 Å². The quantitative estimate of drug-likeness (QED) is 0.363. The Morgan fingerprint density at radius 2 is 1.86 bits per heavy atom. The van der Waals surface area contributed by atoms with E-state index < -0.39 is 29.3 Å². The fraction of sp³-hybridized carbons (Fsp3) is 0.167. The lowest BCUT2D eigenvalue weighted by atomic mass is 9.89. The molecule has 1 atom stereocenters. The molecular weight excluding hydrogens is 479 g/mol. The van der Waals surface area contributed by atoms with Crippen molar-refractivity contribution in [3.8, 4) is 23.0 Å². The van der Waals surface area contributed by atoms with Gasteiger partial charge in [0.25, 0.3) is 5.91 Å². The normalized spacial score (nSPS) is 17.8. The van der Waals surface area contributed by atoms with E-state index >= 15 is 0 Å². The van der Waals surface area contributed by atoms with Crippen LogP contribution in [-0.4, -0.2) is 38.7 Å². The highest BCUT2D eigenvalue weighted by Gasteiger charge is 2.48. The molecule has 4 aromatic rings. The number of nitrogens with zero attached hydrogens (tertiary/aromatic N) is 3. The predicted molar refractivity (Wildman–Crippen MR) is 121 cm³/mol. The molecule has 3 amide bonds. The monoisotopic (exact) mass is 497 g/mol. The van der Waals surface area contributed by atoms with Gasteiger partial charge in [0.2, 0.25) is 0 Å². The van der Waals surface area contributed by atoms with Gasteiger partial charge in [0, 0.05) is 28.7 Å². The summed E-state index contributed by atoms with van der Waals surface area (Å²) in [4.78, 5) is 32.6. The molecule has 3 N–H and O–H groups in total. The van der Waals surface area contributed by atoms with Crippen LogP contribution in [0.25, 0.3) is 22.2 Å². The standard InChI is InChI=1S/C24H18F3N5O4/c1-36-16-7-4-14-11-32(20(33)17(14)10-16)12-23(21(34)30-22(35)31-23)15-5-2-13(3-6-15)19-28-9-8-18(29-19)24(25,26)27/h2-11,33H,12H2,1H3,(H2,30,31,34,35)/t23-/m0/s1. The van der Waals surface area contributed by atoms with Crippen LogP contribution in [0.15, 0.2) is 60.9 Å². The molecule has 1 aliphatic heterocycles. The number of amides is 3. The first kappa shape index (κ1) is 23.1. The van der Waals surface area contributed by atoms with E-state index in [1.54, 1.807) is 24.4 Å². The maximum atomic E-state index is 13.0. The Morgan fingerprint density at radius 3 is 2.50 bits per heavy atom. The summed E-state index contributed by atoms with van der Waals surface area (Å²) in [7, 11) is 1.50. The highest BCUT2D eigenvalue weighted by atomic mass is 19.4. The van der Waals surface area contributed by atoms with Crippen LogP contribution in [0.4, 0.5) is 18.0 Å². The zero-order valence-electron chi connectivity index (χ0n) is 18.6. The van der Waals surface area contributed by atoms with Gasteiger partial charge in [-0.2, -0.15) is 13.2 Å². The Morgan fingerprint density at radius 1 is 1.11 bits per heavy atom. The van der Waals surface area contributed by atoms with Gasteiger partial charge in [-0.1, -0.05) is 24.3 Å². The van der Waals surface area contributed by atoms with Gasteiger partial charge in [-0.25, -0.2) is 14.8 Å². The van der Waals surface area contributed by atoms with Gasteiger partial charge in [0.05, 0.1) is 13.7 Å². The topological polar surface area (TPSA) is 118 Å². The molecule has 36 heavy (non-hydrogen) atoms. The number of benzene rings is 2. The summed E-state index contributed by atoms with van der Waals surface area (Å²) in [5.74, 6) is -0.394. The van der Waals surface area contributed by atoms with Crippen molar-refractivity contribution in [1.82, 2.24) is 25.2 Å². The van der Waals surface area contributed by atoms with Crippen molar-refractivity contribution in [2.45, 2.75) is 18.3 Å². The molecule has 184 valence electrons. The van der Waals surface area contributed by atoms with Gasteiger partial charge in [0.1, 0.15) is 11.4 Å². The van der Waals surface area contributed by atoms with Crippen LogP contribution in [0.1, 0.15) is 11.3 Å². The van der Waals surface area contributed by atoms with Crippen molar-refractivity contribution in [2.75, 3.05) is 7.11 Å². The number of nitrogens with one attached hydrogen (secondary N) is 2. The van der Waals surface area contributed by atoms with Crippen molar-refractivity contribution < 1.29 is 32.6 Å². The molecule has 0 radical (unpaired) electrons. The molecule has 0 unspecified atom stereocenters. The van der Waals surface area contributed by atoms with Crippen LogP contribution < -0.4 is 15.4 Å². The minimum absolute atomic E-state index is 0.133. The Hall–Kier alpha value is -4.61. The molecule has 0 spiro atoms. The molecular formula is C24H18F3N5O4. The summed E-state index contributed by atoms with van der Waals surface area (Å²) in [6.07, 6.45) is -1.98. The number of hydrogen-bond acceptors (Lipinski definition) is 6. The first-order chi connectivity index (χ1) is 17.1. The third kappa shape index (κ3) is 3.85. The molecule has 12 heteroatoms. The summed E-state index contributed by atoms with van der Waals surface area (Å²) in [5, 5.41) is 16.8. The number of hydrogen-bond donors (Lipinski definition) is 3.